The fraction of sp³-hybridized carbons (Fsp3) is 0.429. The molecule has 152 valence electrons. The van der Waals surface area contributed by atoms with E-state index >= 15 is 0 Å². The van der Waals surface area contributed by atoms with Crippen molar-refractivity contribution in [2.24, 2.45) is 0 Å². The Morgan fingerprint density at radius 3 is 2.21 bits per heavy atom. The van der Waals surface area contributed by atoms with Gasteiger partial charge in [-0.25, -0.2) is 0 Å². The van der Waals surface area contributed by atoms with Crippen molar-refractivity contribution in [3.63, 3.8) is 0 Å². The fourth-order valence-electron chi connectivity index (χ4n) is 3.72. The average molecular weight is 390 g/mol. The van der Waals surface area contributed by atoms with Crippen molar-refractivity contribution in [3.05, 3.63) is 52.1 Å². The van der Waals surface area contributed by atoms with Crippen molar-refractivity contribution in [2.75, 3.05) is 20.3 Å². The van der Waals surface area contributed by atoms with E-state index < -0.39 is 6.10 Å². The summed E-state index contributed by atoms with van der Waals surface area (Å²) in [4.78, 5) is 0. The lowest BCUT2D eigenvalue weighted by atomic mass is 9.88. The summed E-state index contributed by atoms with van der Waals surface area (Å²) >= 11 is 0. The molecule has 1 aliphatic heterocycles. The quantitative estimate of drug-likeness (QED) is 0.464. The molecule has 0 bridgehead atoms. The molecule has 2 unspecified atom stereocenters. The first-order valence-corrected chi connectivity index (χ1v) is 9.23. The van der Waals surface area contributed by atoms with E-state index in [1.54, 1.807) is 19.2 Å². The van der Waals surface area contributed by atoms with Gasteiger partial charge in [0.1, 0.15) is 11.9 Å². The van der Waals surface area contributed by atoms with Gasteiger partial charge in [-0.15, -0.1) is 0 Å². The van der Waals surface area contributed by atoms with Crippen molar-refractivity contribution >= 4 is 0 Å². The van der Waals surface area contributed by atoms with E-state index in [9.17, 15) is 20.4 Å². The third-order valence-electron chi connectivity index (χ3n) is 5.15. The minimum absolute atomic E-state index is 0.0866. The molecular weight excluding hydrogens is 364 g/mol. The van der Waals surface area contributed by atoms with Crippen molar-refractivity contribution in [1.29, 1.82) is 0 Å². The lowest BCUT2D eigenvalue weighted by Gasteiger charge is -2.20. The van der Waals surface area contributed by atoms with Crippen LogP contribution in [0, 0.1) is 0 Å². The lowest BCUT2D eigenvalue weighted by molar-refractivity contribution is 0.156. The van der Waals surface area contributed by atoms with E-state index in [1.807, 2.05) is 12.1 Å². The van der Waals surface area contributed by atoms with E-state index in [1.165, 1.54) is 0 Å². The molecule has 2 aromatic rings. The van der Waals surface area contributed by atoms with Crippen LogP contribution in [0.3, 0.4) is 0 Å². The molecule has 7 nitrogen and oxygen atoms in total. The molecular formula is C21H26O7. The number of aliphatic hydroxyl groups is 4. The predicted molar refractivity (Wildman–Crippen MR) is 102 cm³/mol. The van der Waals surface area contributed by atoms with Crippen LogP contribution in [0.5, 0.6) is 17.2 Å². The maximum Gasteiger partial charge on any atom is 0.165 e. The molecule has 7 heteroatoms. The Hall–Kier alpha value is -2.32. The molecule has 1 aliphatic rings. The molecule has 0 radical (unpaired) electrons. The molecule has 28 heavy (non-hydrogen) atoms. The zero-order valence-electron chi connectivity index (χ0n) is 15.8. The van der Waals surface area contributed by atoms with Crippen molar-refractivity contribution in [2.45, 2.75) is 38.1 Å². The summed E-state index contributed by atoms with van der Waals surface area (Å²) < 4.78 is 11.6. The Kier molecular flexibility index (Phi) is 6.41. The van der Waals surface area contributed by atoms with Gasteiger partial charge in [-0.3, -0.25) is 0 Å². The van der Waals surface area contributed by atoms with Gasteiger partial charge < -0.3 is 35.0 Å². The number of fused-ring (bicyclic) bond motifs is 1. The molecule has 0 aliphatic carbocycles. The Labute approximate surface area is 163 Å². The van der Waals surface area contributed by atoms with E-state index in [4.69, 9.17) is 14.6 Å². The first-order chi connectivity index (χ1) is 13.6. The van der Waals surface area contributed by atoms with Gasteiger partial charge in [0.2, 0.25) is 0 Å². The van der Waals surface area contributed by atoms with Crippen LogP contribution in [0.4, 0.5) is 0 Å². The summed E-state index contributed by atoms with van der Waals surface area (Å²) in [6.45, 7) is -0.854. The van der Waals surface area contributed by atoms with Gasteiger partial charge in [-0.2, -0.15) is 0 Å². The van der Waals surface area contributed by atoms with Crippen LogP contribution in [-0.2, 0) is 19.6 Å². The Bertz CT molecular complexity index is 809. The number of methoxy groups -OCH3 is 1. The van der Waals surface area contributed by atoms with Gasteiger partial charge in [0, 0.05) is 23.3 Å². The third kappa shape index (κ3) is 3.66. The molecule has 2 atom stereocenters. The second-order valence-corrected chi connectivity index (χ2v) is 6.88. The summed E-state index contributed by atoms with van der Waals surface area (Å²) in [7, 11) is 1.55. The third-order valence-corrected chi connectivity index (χ3v) is 5.15. The summed E-state index contributed by atoms with van der Waals surface area (Å²) in [5.74, 6) is 0.577. The van der Waals surface area contributed by atoms with E-state index in [-0.39, 0.29) is 49.2 Å². The molecule has 0 fully saturated rings. The van der Waals surface area contributed by atoms with Gasteiger partial charge in [0.15, 0.2) is 11.5 Å². The highest BCUT2D eigenvalue weighted by atomic mass is 16.5. The first kappa shape index (κ1) is 20.4. The molecule has 0 saturated carbocycles. The summed E-state index contributed by atoms with van der Waals surface area (Å²) in [6, 6.07) is 7.05. The van der Waals surface area contributed by atoms with Crippen LogP contribution in [0.25, 0.3) is 0 Å². The minimum Gasteiger partial charge on any atom is -0.507 e. The number of benzene rings is 2. The summed E-state index contributed by atoms with van der Waals surface area (Å²) in [6.07, 6.45) is 0.734. The van der Waals surface area contributed by atoms with Crippen LogP contribution in [0.2, 0.25) is 0 Å². The maximum atomic E-state index is 10.1. The van der Waals surface area contributed by atoms with Gasteiger partial charge in [0.05, 0.1) is 32.8 Å². The van der Waals surface area contributed by atoms with E-state index in [0.717, 1.165) is 11.1 Å². The highest BCUT2D eigenvalue weighted by molar-refractivity contribution is 5.56. The zero-order valence-corrected chi connectivity index (χ0v) is 15.8. The number of rotatable bonds is 8. The molecule has 0 amide bonds. The van der Waals surface area contributed by atoms with Crippen LogP contribution in [0.1, 0.15) is 46.3 Å². The predicted octanol–water partition coefficient (Wildman–Crippen LogP) is 1.52. The van der Waals surface area contributed by atoms with E-state index in [0.29, 0.717) is 29.9 Å². The Balaban J connectivity index is 2.05. The molecule has 0 aromatic heterocycles. The first-order valence-electron chi connectivity index (χ1n) is 9.23. The maximum absolute atomic E-state index is 10.1. The smallest absolute Gasteiger partial charge is 0.165 e. The van der Waals surface area contributed by atoms with Crippen LogP contribution < -0.4 is 9.47 Å². The second-order valence-electron chi connectivity index (χ2n) is 6.88. The molecule has 0 spiro atoms. The second kappa shape index (κ2) is 8.79. The fourth-order valence-corrected chi connectivity index (χ4v) is 3.72. The SMILES string of the molecule is COc1cc(CCCO)cc2c1OC(c1cc(CO)c(O)c(CO)c1)C2CO. The summed E-state index contributed by atoms with van der Waals surface area (Å²) in [5.41, 5.74) is 3.00. The van der Waals surface area contributed by atoms with Crippen molar-refractivity contribution < 1.29 is 35.0 Å². The molecule has 5 N–H and O–H groups in total. The average Bonchev–Trinajstić information content (AvgIpc) is 3.10. The van der Waals surface area contributed by atoms with Gasteiger partial charge >= 0.3 is 0 Å². The van der Waals surface area contributed by atoms with Crippen molar-refractivity contribution in [1.82, 2.24) is 0 Å². The molecule has 2 aromatic carbocycles. The molecule has 3 rings (SSSR count). The van der Waals surface area contributed by atoms with Crippen molar-refractivity contribution in [3.8, 4) is 17.2 Å². The monoisotopic (exact) mass is 390 g/mol. The van der Waals surface area contributed by atoms with Gasteiger partial charge in [-0.05, 0) is 42.2 Å². The normalized spacial score (nSPS) is 18.0. The van der Waals surface area contributed by atoms with Gasteiger partial charge in [0.25, 0.3) is 0 Å². The van der Waals surface area contributed by atoms with Gasteiger partial charge in [-0.1, -0.05) is 6.07 Å². The highest BCUT2D eigenvalue weighted by Crippen LogP contribution is 2.51. The topological polar surface area (TPSA) is 120 Å². The Morgan fingerprint density at radius 2 is 1.68 bits per heavy atom. The van der Waals surface area contributed by atoms with Crippen LogP contribution in [-0.4, -0.2) is 45.9 Å². The number of aryl methyl sites for hydroxylation is 1. The number of aromatic hydroxyl groups is 1. The van der Waals surface area contributed by atoms with Crippen LogP contribution in [0.15, 0.2) is 24.3 Å². The van der Waals surface area contributed by atoms with Crippen LogP contribution >= 0.6 is 0 Å². The zero-order chi connectivity index (χ0) is 20.3. The Morgan fingerprint density at radius 1 is 1.00 bits per heavy atom. The molecule has 1 heterocycles. The molecule has 0 saturated heterocycles. The summed E-state index contributed by atoms with van der Waals surface area (Å²) in [5, 5.41) is 48.3. The highest BCUT2D eigenvalue weighted by Gasteiger charge is 2.38. The van der Waals surface area contributed by atoms with E-state index in [2.05, 4.69) is 0 Å². The number of phenols is 1. The largest absolute Gasteiger partial charge is 0.507 e. The standard InChI is InChI=1S/C21H26O7/c1-27-18-6-12(3-2-4-22)5-16-17(11-25)20(28-21(16)18)13-7-14(9-23)19(26)15(8-13)10-24/h5-8,17,20,22-26H,2-4,9-11H2,1H3. The number of ether oxygens (including phenoxy) is 2. The minimum atomic E-state index is -0.557. The number of aliphatic hydroxyl groups excluding tert-OH is 4. The number of hydrogen-bond donors (Lipinski definition) is 5. The number of hydrogen-bond acceptors (Lipinski definition) is 7. The lowest BCUT2D eigenvalue weighted by Crippen LogP contribution is -2.14.